The van der Waals surface area contributed by atoms with Gasteiger partial charge in [-0.15, -0.1) is 0 Å². The highest BCUT2D eigenvalue weighted by molar-refractivity contribution is 7.92. The van der Waals surface area contributed by atoms with Crippen LogP contribution in [0.5, 0.6) is 0 Å². The fourth-order valence-electron chi connectivity index (χ4n) is 4.88. The van der Waals surface area contributed by atoms with Gasteiger partial charge in [-0.3, -0.25) is 4.79 Å². The second-order valence-corrected chi connectivity index (χ2v) is 11.6. The number of alkyl halides is 1. The second-order valence-electron chi connectivity index (χ2n) is 9.38. The number of nitrogens with one attached hydrogen (secondary N) is 2. The van der Waals surface area contributed by atoms with Crippen molar-refractivity contribution in [1.29, 1.82) is 0 Å². The molecule has 0 bridgehead atoms. The first kappa shape index (κ1) is 23.8. The van der Waals surface area contributed by atoms with Crippen LogP contribution in [0.2, 0.25) is 0 Å². The summed E-state index contributed by atoms with van der Waals surface area (Å²) in [7, 11) is -4.11. The van der Waals surface area contributed by atoms with E-state index in [2.05, 4.69) is 10.6 Å². The molecule has 2 N–H and O–H groups in total. The minimum atomic E-state index is -4.11. The lowest BCUT2D eigenvalue weighted by molar-refractivity contribution is -0.123. The van der Waals surface area contributed by atoms with E-state index in [1.807, 2.05) is 0 Å². The summed E-state index contributed by atoms with van der Waals surface area (Å²) in [6.45, 7) is 2.47. The minimum absolute atomic E-state index is 0.00911. The van der Waals surface area contributed by atoms with Gasteiger partial charge >= 0.3 is 0 Å². The summed E-state index contributed by atoms with van der Waals surface area (Å²) in [4.78, 5) is 12.7. The van der Waals surface area contributed by atoms with Crippen molar-refractivity contribution in [2.75, 3.05) is 6.54 Å². The predicted octanol–water partition coefficient (Wildman–Crippen LogP) is 3.85. The van der Waals surface area contributed by atoms with Gasteiger partial charge in [-0.05, 0) is 93.3 Å². The summed E-state index contributed by atoms with van der Waals surface area (Å²) in [6.07, 6.45) is 1.71. The summed E-state index contributed by atoms with van der Waals surface area (Å²) in [5.74, 6) is -0.123. The fourth-order valence-corrected chi connectivity index (χ4v) is 6.67. The molecule has 1 heterocycles. The zero-order valence-corrected chi connectivity index (χ0v) is 19.5. The molecule has 178 valence electrons. The van der Waals surface area contributed by atoms with E-state index in [4.69, 9.17) is 0 Å². The van der Waals surface area contributed by atoms with Crippen molar-refractivity contribution in [2.24, 2.45) is 5.92 Å². The molecule has 2 fully saturated rings. The Bertz CT molecular complexity index is 1100. The average Bonchev–Trinajstić information content (AvgIpc) is 3.25. The van der Waals surface area contributed by atoms with Gasteiger partial charge < -0.3 is 10.6 Å². The number of carbonyl (C=O) groups excluding carboxylic acids is 1. The monoisotopic (exact) mass is 476 g/mol. The normalized spacial score (nSPS) is 27.9. The van der Waals surface area contributed by atoms with Crippen LogP contribution in [0, 0.1) is 18.7 Å². The standard InChI is InChI=1S/C25H30F2N2O3S/c1-17-3-2-4-22(13-17)33(31,32)25(27)11-9-21(10-12-25)29-24(30)23-15-19(16-28-23)14-18-5-7-20(26)8-6-18/h2-8,13,19,21,23,28H,9-12,14-16H2,1H3,(H,29,30)/t19-,21-,23+,25+/m1/s1. The Morgan fingerprint density at radius 1 is 1.15 bits per heavy atom. The number of hydrogen-bond acceptors (Lipinski definition) is 4. The van der Waals surface area contributed by atoms with E-state index in [-0.39, 0.29) is 60.3 Å². The molecule has 2 aromatic rings. The molecule has 1 aliphatic carbocycles. The van der Waals surface area contributed by atoms with E-state index in [0.29, 0.717) is 13.0 Å². The Kier molecular flexibility index (Phi) is 6.86. The maximum Gasteiger partial charge on any atom is 0.237 e. The van der Waals surface area contributed by atoms with Crippen molar-refractivity contribution in [2.45, 2.75) is 67.4 Å². The largest absolute Gasteiger partial charge is 0.352 e. The molecule has 2 aromatic carbocycles. The molecule has 1 amide bonds. The Hall–Kier alpha value is -2.32. The molecule has 1 saturated heterocycles. The number of rotatable bonds is 6. The smallest absolute Gasteiger partial charge is 0.237 e. The lowest BCUT2D eigenvalue weighted by Gasteiger charge is -2.34. The highest BCUT2D eigenvalue weighted by Gasteiger charge is 2.48. The van der Waals surface area contributed by atoms with Crippen molar-refractivity contribution in [1.82, 2.24) is 10.6 Å². The number of amides is 1. The third-order valence-corrected chi connectivity index (χ3v) is 9.08. The summed E-state index contributed by atoms with van der Waals surface area (Å²) in [5, 5.41) is 3.91. The van der Waals surface area contributed by atoms with Crippen molar-refractivity contribution in [3.63, 3.8) is 0 Å². The number of aryl methyl sites for hydroxylation is 1. The highest BCUT2D eigenvalue weighted by Crippen LogP contribution is 2.40. The molecular weight excluding hydrogens is 446 g/mol. The molecule has 33 heavy (non-hydrogen) atoms. The van der Waals surface area contributed by atoms with E-state index < -0.39 is 14.8 Å². The van der Waals surface area contributed by atoms with Crippen LogP contribution in [0.1, 0.15) is 43.2 Å². The molecule has 0 unspecified atom stereocenters. The average molecular weight is 477 g/mol. The summed E-state index contributed by atoms with van der Waals surface area (Å²) < 4.78 is 54.4. The Morgan fingerprint density at radius 3 is 2.52 bits per heavy atom. The van der Waals surface area contributed by atoms with E-state index >= 15 is 4.39 Å². The van der Waals surface area contributed by atoms with E-state index in [9.17, 15) is 17.6 Å². The van der Waals surface area contributed by atoms with Gasteiger partial charge in [0.1, 0.15) is 5.82 Å². The van der Waals surface area contributed by atoms with Crippen LogP contribution in [0.3, 0.4) is 0 Å². The topological polar surface area (TPSA) is 75.3 Å². The van der Waals surface area contributed by atoms with Crippen molar-refractivity contribution in [3.05, 3.63) is 65.5 Å². The van der Waals surface area contributed by atoms with Gasteiger partial charge in [0, 0.05) is 6.04 Å². The summed E-state index contributed by atoms with van der Waals surface area (Å²) in [6, 6.07) is 12.2. The van der Waals surface area contributed by atoms with Crippen molar-refractivity contribution in [3.8, 4) is 0 Å². The summed E-state index contributed by atoms with van der Waals surface area (Å²) in [5.41, 5.74) is 1.80. The van der Waals surface area contributed by atoms with Crippen LogP contribution in [-0.4, -0.2) is 38.0 Å². The van der Waals surface area contributed by atoms with Gasteiger partial charge in [0.25, 0.3) is 0 Å². The van der Waals surface area contributed by atoms with Crippen molar-refractivity contribution < 1.29 is 22.0 Å². The first-order valence-corrected chi connectivity index (χ1v) is 12.9. The molecule has 4 rings (SSSR count). The molecule has 1 aliphatic heterocycles. The van der Waals surface area contributed by atoms with Crippen LogP contribution in [0.4, 0.5) is 8.78 Å². The second kappa shape index (κ2) is 9.50. The lowest BCUT2D eigenvalue weighted by Crippen LogP contribution is -2.49. The number of benzene rings is 2. The maximum absolute atomic E-state index is 15.5. The van der Waals surface area contributed by atoms with E-state index in [0.717, 1.165) is 17.5 Å². The van der Waals surface area contributed by atoms with Crippen LogP contribution in [0.25, 0.3) is 0 Å². The number of halogens is 2. The zero-order valence-electron chi connectivity index (χ0n) is 18.7. The van der Waals surface area contributed by atoms with Gasteiger partial charge in [-0.1, -0.05) is 24.3 Å². The Morgan fingerprint density at radius 2 is 1.85 bits per heavy atom. The quantitative estimate of drug-likeness (QED) is 0.664. The molecule has 0 aromatic heterocycles. The molecule has 2 aliphatic rings. The van der Waals surface area contributed by atoms with Gasteiger partial charge in [-0.25, -0.2) is 17.2 Å². The number of hydrogen-bond donors (Lipinski definition) is 2. The Balaban J connectivity index is 1.29. The molecule has 8 heteroatoms. The molecule has 0 radical (unpaired) electrons. The van der Waals surface area contributed by atoms with Crippen LogP contribution < -0.4 is 10.6 Å². The SMILES string of the molecule is Cc1cccc(S(=O)(=O)[C@]2(F)CC[C@H](NC(=O)[C@@H]3C[C@@H](Cc4ccc(F)cc4)CN3)CC2)c1. The number of sulfone groups is 1. The third-order valence-electron chi connectivity index (χ3n) is 6.84. The minimum Gasteiger partial charge on any atom is -0.352 e. The van der Waals surface area contributed by atoms with Gasteiger partial charge in [0.15, 0.2) is 0 Å². The van der Waals surface area contributed by atoms with E-state index in [1.54, 1.807) is 31.2 Å². The predicted molar refractivity (Wildman–Crippen MR) is 123 cm³/mol. The van der Waals surface area contributed by atoms with Crippen molar-refractivity contribution >= 4 is 15.7 Å². The molecule has 1 saturated carbocycles. The van der Waals surface area contributed by atoms with Crippen LogP contribution in [-0.2, 0) is 21.1 Å². The third kappa shape index (κ3) is 5.27. The fraction of sp³-hybridized carbons (Fsp3) is 0.480. The van der Waals surface area contributed by atoms with Gasteiger partial charge in [-0.2, -0.15) is 0 Å². The molecule has 5 nitrogen and oxygen atoms in total. The Labute approximate surface area is 193 Å². The van der Waals surface area contributed by atoms with Gasteiger partial charge in [0.05, 0.1) is 10.9 Å². The lowest BCUT2D eigenvalue weighted by atomic mass is 9.92. The highest BCUT2D eigenvalue weighted by atomic mass is 32.2. The number of carbonyl (C=O) groups is 1. The summed E-state index contributed by atoms with van der Waals surface area (Å²) >= 11 is 0. The van der Waals surface area contributed by atoms with E-state index in [1.165, 1.54) is 24.3 Å². The molecule has 2 atom stereocenters. The first-order valence-electron chi connectivity index (χ1n) is 11.4. The first-order chi connectivity index (χ1) is 15.7. The maximum atomic E-state index is 15.5. The molecule has 0 spiro atoms. The van der Waals surface area contributed by atoms with Crippen LogP contribution in [0.15, 0.2) is 53.4 Å². The zero-order chi connectivity index (χ0) is 23.6. The van der Waals surface area contributed by atoms with Gasteiger partial charge in [0.2, 0.25) is 20.7 Å². The molecular formula is C25H30F2N2O3S. The van der Waals surface area contributed by atoms with Crippen LogP contribution >= 0.6 is 0 Å².